The van der Waals surface area contributed by atoms with Crippen LogP contribution in [-0.4, -0.2) is 13.4 Å². The Bertz CT molecular complexity index is 739. The van der Waals surface area contributed by atoms with Crippen molar-refractivity contribution in [3.8, 4) is 0 Å². The summed E-state index contributed by atoms with van der Waals surface area (Å²) in [5.74, 6) is 4.68. The molecule has 0 amide bonds. The average Bonchev–Trinajstić information content (AvgIpc) is 2.42. The minimum absolute atomic E-state index is 0.0555. The number of nitrogen functional groups attached to an aromatic ring is 1. The van der Waals surface area contributed by atoms with E-state index < -0.39 is 15.8 Å². The molecule has 20 heavy (non-hydrogen) atoms. The third kappa shape index (κ3) is 2.98. The summed E-state index contributed by atoms with van der Waals surface area (Å²) in [6, 6.07) is 4.72. The molecule has 6 nitrogen and oxygen atoms in total. The summed E-state index contributed by atoms with van der Waals surface area (Å²) in [4.78, 5) is 3.58. The molecule has 0 bridgehead atoms. The van der Waals surface area contributed by atoms with Gasteiger partial charge in [0.25, 0.3) is 10.0 Å². The molecule has 0 aliphatic rings. The summed E-state index contributed by atoms with van der Waals surface area (Å²) < 4.78 is 39.6. The normalized spacial score (nSPS) is 11.2. The summed E-state index contributed by atoms with van der Waals surface area (Å²) >= 11 is 5.77. The topological polar surface area (TPSA) is 97.1 Å². The highest BCUT2D eigenvalue weighted by atomic mass is 35.5. The lowest BCUT2D eigenvalue weighted by molar-refractivity contribution is 0.601. The lowest BCUT2D eigenvalue weighted by atomic mass is 10.3. The summed E-state index contributed by atoms with van der Waals surface area (Å²) in [5.41, 5.74) is 2.49. The van der Waals surface area contributed by atoms with E-state index in [1.54, 1.807) is 0 Å². The number of halogens is 2. The molecule has 0 atom stereocenters. The van der Waals surface area contributed by atoms with Crippen LogP contribution in [0.5, 0.6) is 0 Å². The molecule has 0 saturated carbocycles. The number of rotatable bonds is 4. The van der Waals surface area contributed by atoms with Crippen LogP contribution >= 0.6 is 11.6 Å². The second-order valence-corrected chi connectivity index (χ2v) is 5.80. The number of nitrogens with one attached hydrogen (secondary N) is 2. The van der Waals surface area contributed by atoms with Gasteiger partial charge in [0.1, 0.15) is 10.7 Å². The Morgan fingerprint density at radius 2 is 2.00 bits per heavy atom. The molecule has 0 saturated heterocycles. The van der Waals surface area contributed by atoms with Gasteiger partial charge in [-0.05, 0) is 24.3 Å². The van der Waals surface area contributed by atoms with Gasteiger partial charge >= 0.3 is 0 Å². The molecule has 4 N–H and O–H groups in total. The SMILES string of the molecule is NNc1ccncc1S(=O)(=O)Nc1ccc(F)cc1Cl. The second kappa shape index (κ2) is 5.61. The lowest BCUT2D eigenvalue weighted by Gasteiger charge is -2.12. The van der Waals surface area contributed by atoms with E-state index in [0.717, 1.165) is 18.3 Å². The van der Waals surface area contributed by atoms with Crippen LogP contribution in [0.1, 0.15) is 0 Å². The number of nitrogens with two attached hydrogens (primary N) is 1. The van der Waals surface area contributed by atoms with Gasteiger partial charge in [-0.1, -0.05) is 11.6 Å². The average molecular weight is 317 g/mol. The Kier molecular flexibility index (Phi) is 4.07. The van der Waals surface area contributed by atoms with Crippen molar-refractivity contribution in [2.45, 2.75) is 4.90 Å². The number of pyridine rings is 1. The van der Waals surface area contributed by atoms with Crippen molar-refractivity contribution in [1.29, 1.82) is 0 Å². The molecule has 1 aromatic heterocycles. The first-order valence-electron chi connectivity index (χ1n) is 5.32. The van der Waals surface area contributed by atoms with Crippen molar-refractivity contribution in [2.24, 2.45) is 5.84 Å². The predicted molar refractivity (Wildman–Crippen MR) is 74.3 cm³/mol. The summed E-state index contributed by atoms with van der Waals surface area (Å²) in [7, 11) is -3.95. The van der Waals surface area contributed by atoms with Crippen LogP contribution in [0.15, 0.2) is 41.6 Å². The fourth-order valence-electron chi connectivity index (χ4n) is 1.49. The first-order valence-corrected chi connectivity index (χ1v) is 7.18. The Labute approximate surface area is 119 Å². The molecule has 0 aliphatic heterocycles. The van der Waals surface area contributed by atoms with Gasteiger partial charge in [0, 0.05) is 12.4 Å². The smallest absolute Gasteiger partial charge is 0.265 e. The van der Waals surface area contributed by atoms with Gasteiger partial charge < -0.3 is 5.43 Å². The van der Waals surface area contributed by atoms with Gasteiger partial charge in [0.05, 0.1) is 16.4 Å². The molecule has 2 rings (SSSR count). The van der Waals surface area contributed by atoms with Gasteiger partial charge in [-0.3, -0.25) is 15.5 Å². The molecule has 1 heterocycles. The van der Waals surface area contributed by atoms with E-state index >= 15 is 0 Å². The maximum atomic E-state index is 12.9. The Balaban J connectivity index is 2.41. The maximum Gasteiger partial charge on any atom is 0.265 e. The fourth-order valence-corrected chi connectivity index (χ4v) is 2.95. The molecule has 0 aliphatic carbocycles. The Morgan fingerprint density at radius 3 is 2.65 bits per heavy atom. The number of hydrogen-bond donors (Lipinski definition) is 3. The van der Waals surface area contributed by atoms with Crippen molar-refractivity contribution < 1.29 is 12.8 Å². The predicted octanol–water partition coefficient (Wildman–Crippen LogP) is 1.96. The van der Waals surface area contributed by atoms with E-state index in [4.69, 9.17) is 17.4 Å². The van der Waals surface area contributed by atoms with Gasteiger partial charge in [0.2, 0.25) is 0 Å². The summed E-state index contributed by atoms with van der Waals surface area (Å²) in [6.07, 6.45) is 2.52. The Morgan fingerprint density at radius 1 is 1.25 bits per heavy atom. The minimum Gasteiger partial charge on any atom is -0.323 e. The summed E-state index contributed by atoms with van der Waals surface area (Å²) in [6.45, 7) is 0. The number of benzene rings is 1. The zero-order valence-electron chi connectivity index (χ0n) is 9.97. The third-order valence-corrected chi connectivity index (χ3v) is 4.11. The van der Waals surface area contributed by atoms with Gasteiger partial charge in [0.15, 0.2) is 0 Å². The maximum absolute atomic E-state index is 12.9. The first kappa shape index (κ1) is 14.5. The van der Waals surface area contributed by atoms with Crippen molar-refractivity contribution in [1.82, 2.24) is 4.98 Å². The van der Waals surface area contributed by atoms with Gasteiger partial charge in [-0.2, -0.15) is 0 Å². The van der Waals surface area contributed by atoms with Crippen LogP contribution in [-0.2, 0) is 10.0 Å². The molecule has 106 valence electrons. The number of hydrogen-bond acceptors (Lipinski definition) is 5. The molecule has 0 spiro atoms. The highest BCUT2D eigenvalue weighted by Gasteiger charge is 2.20. The zero-order valence-corrected chi connectivity index (χ0v) is 11.5. The molecule has 0 fully saturated rings. The quantitative estimate of drug-likeness (QED) is 0.592. The molecule has 0 unspecified atom stereocenters. The van der Waals surface area contributed by atoms with E-state index in [1.165, 1.54) is 18.3 Å². The third-order valence-electron chi connectivity index (χ3n) is 2.40. The minimum atomic E-state index is -3.95. The number of nitrogens with zero attached hydrogens (tertiary/aromatic N) is 1. The second-order valence-electron chi connectivity index (χ2n) is 3.75. The van der Waals surface area contributed by atoms with E-state index in [1.807, 2.05) is 0 Å². The highest BCUT2D eigenvalue weighted by Crippen LogP contribution is 2.27. The number of hydrazine groups is 1. The standard InChI is InChI=1S/C11H10ClFN4O2S/c12-8-5-7(13)1-2-9(8)17-20(18,19)11-6-15-4-3-10(11)16-14/h1-6,17H,14H2,(H,15,16). The van der Waals surface area contributed by atoms with E-state index in [2.05, 4.69) is 15.1 Å². The van der Waals surface area contributed by atoms with Crippen LogP contribution < -0.4 is 16.0 Å². The monoisotopic (exact) mass is 316 g/mol. The molecule has 2 aromatic rings. The molecular formula is C11H10ClFN4O2S. The summed E-state index contributed by atoms with van der Waals surface area (Å²) in [5, 5.41) is -0.0558. The van der Waals surface area contributed by atoms with Crippen LogP contribution in [0.25, 0.3) is 0 Å². The fraction of sp³-hybridized carbons (Fsp3) is 0. The number of anilines is 2. The molecular weight excluding hydrogens is 307 g/mol. The van der Waals surface area contributed by atoms with Gasteiger partial charge in [-0.25, -0.2) is 12.8 Å². The van der Waals surface area contributed by atoms with Crippen molar-refractivity contribution >= 4 is 33.0 Å². The van der Waals surface area contributed by atoms with E-state index in [-0.39, 0.29) is 21.3 Å². The van der Waals surface area contributed by atoms with Crippen LogP contribution in [0.2, 0.25) is 5.02 Å². The van der Waals surface area contributed by atoms with Crippen molar-refractivity contribution in [2.75, 3.05) is 10.1 Å². The van der Waals surface area contributed by atoms with Crippen molar-refractivity contribution in [3.05, 3.63) is 47.5 Å². The number of sulfonamides is 1. The Hall–Kier alpha value is -1.90. The van der Waals surface area contributed by atoms with Gasteiger partial charge in [-0.15, -0.1) is 0 Å². The van der Waals surface area contributed by atoms with Crippen LogP contribution in [0.4, 0.5) is 15.8 Å². The van der Waals surface area contributed by atoms with Crippen molar-refractivity contribution in [3.63, 3.8) is 0 Å². The zero-order chi connectivity index (χ0) is 14.8. The van der Waals surface area contributed by atoms with Crippen LogP contribution in [0, 0.1) is 5.82 Å². The van der Waals surface area contributed by atoms with E-state index in [0.29, 0.717) is 0 Å². The molecule has 9 heteroatoms. The van der Waals surface area contributed by atoms with Crippen LogP contribution in [0.3, 0.4) is 0 Å². The largest absolute Gasteiger partial charge is 0.323 e. The van der Waals surface area contributed by atoms with E-state index in [9.17, 15) is 12.8 Å². The molecule has 1 aromatic carbocycles. The first-order chi connectivity index (χ1) is 9.44. The lowest BCUT2D eigenvalue weighted by Crippen LogP contribution is -2.18. The molecule has 0 radical (unpaired) electrons. The number of aromatic nitrogens is 1. The highest BCUT2D eigenvalue weighted by molar-refractivity contribution is 7.92.